The van der Waals surface area contributed by atoms with Crippen molar-refractivity contribution in [2.45, 2.75) is 25.9 Å². The van der Waals surface area contributed by atoms with Crippen molar-refractivity contribution in [2.24, 2.45) is 0 Å². The average Bonchev–Trinajstić information content (AvgIpc) is 2.69. The number of nitrogens with one attached hydrogen (secondary N) is 1. The molecule has 0 spiro atoms. The summed E-state index contributed by atoms with van der Waals surface area (Å²) in [4.78, 5) is 37.5. The quantitative estimate of drug-likeness (QED) is 0.558. The fourth-order valence-corrected chi connectivity index (χ4v) is 3.05. The van der Waals surface area contributed by atoms with Gasteiger partial charge in [-0.3, -0.25) is 14.4 Å². The number of carbonyl (C=O) groups excluding carboxylic acids is 1. The van der Waals surface area contributed by atoms with E-state index < -0.39 is 39.8 Å². The Kier molecular flexibility index (Phi) is 5.97. The number of benzene rings is 1. The molecule has 1 atom stereocenters. The van der Waals surface area contributed by atoms with Gasteiger partial charge in [-0.2, -0.15) is 0 Å². The number of hydrogen-bond acceptors (Lipinski definition) is 5. The molecule has 30 heavy (non-hydrogen) atoms. The van der Waals surface area contributed by atoms with E-state index in [1.54, 1.807) is 6.92 Å². The second kappa shape index (κ2) is 8.46. The molecule has 0 fully saturated rings. The van der Waals surface area contributed by atoms with Gasteiger partial charge in [-0.05, 0) is 19.4 Å². The summed E-state index contributed by atoms with van der Waals surface area (Å²) >= 11 is 0. The maximum absolute atomic E-state index is 13.7. The summed E-state index contributed by atoms with van der Waals surface area (Å²) in [5, 5.41) is 21.7. The first-order chi connectivity index (χ1) is 14.2. The van der Waals surface area contributed by atoms with Gasteiger partial charge in [-0.15, -0.1) is 0 Å². The topological polar surface area (TPSA) is 113 Å². The number of amides is 1. The van der Waals surface area contributed by atoms with Crippen LogP contribution in [0.1, 0.15) is 35.3 Å². The van der Waals surface area contributed by atoms with Crippen molar-refractivity contribution < 1.29 is 23.8 Å². The molecule has 0 aliphatic carbocycles. The Morgan fingerprint density at radius 3 is 2.63 bits per heavy atom. The minimum Gasteiger partial charge on any atom is -0.503 e. The van der Waals surface area contributed by atoms with E-state index in [1.807, 2.05) is 0 Å². The van der Waals surface area contributed by atoms with Crippen LogP contribution in [0.15, 0.2) is 46.4 Å². The third-order valence-corrected chi connectivity index (χ3v) is 4.76. The van der Waals surface area contributed by atoms with Gasteiger partial charge in [0.05, 0.1) is 0 Å². The van der Waals surface area contributed by atoms with E-state index in [0.717, 1.165) is 22.7 Å². The van der Waals surface area contributed by atoms with Crippen LogP contribution in [-0.4, -0.2) is 31.7 Å². The Labute approximate surface area is 168 Å². The van der Waals surface area contributed by atoms with E-state index >= 15 is 0 Å². The molecule has 0 unspecified atom stereocenters. The van der Waals surface area contributed by atoms with Gasteiger partial charge in [0.1, 0.15) is 17.2 Å². The van der Waals surface area contributed by atoms with Crippen LogP contribution in [0.4, 0.5) is 8.78 Å². The van der Waals surface area contributed by atoms with E-state index in [2.05, 4.69) is 5.32 Å². The molecule has 3 rings (SSSR count). The predicted octanol–water partition coefficient (Wildman–Crippen LogP) is 1.32. The maximum Gasteiger partial charge on any atom is 0.279 e. The van der Waals surface area contributed by atoms with E-state index in [1.165, 1.54) is 17.0 Å². The van der Waals surface area contributed by atoms with Crippen molar-refractivity contribution in [2.75, 3.05) is 6.61 Å². The van der Waals surface area contributed by atoms with Gasteiger partial charge in [0.2, 0.25) is 5.43 Å². The highest BCUT2D eigenvalue weighted by molar-refractivity contribution is 5.94. The lowest BCUT2D eigenvalue weighted by molar-refractivity contribution is 0.0948. The molecule has 158 valence electrons. The van der Waals surface area contributed by atoms with Crippen molar-refractivity contribution in [1.29, 1.82) is 0 Å². The van der Waals surface area contributed by atoms with Crippen LogP contribution in [0.2, 0.25) is 0 Å². The van der Waals surface area contributed by atoms with E-state index in [-0.39, 0.29) is 30.3 Å². The summed E-state index contributed by atoms with van der Waals surface area (Å²) in [5.74, 6) is -3.41. The summed E-state index contributed by atoms with van der Waals surface area (Å²) in [6.45, 7) is 1.24. The fourth-order valence-electron chi connectivity index (χ4n) is 3.05. The van der Waals surface area contributed by atoms with Crippen LogP contribution in [0.25, 0.3) is 5.52 Å². The van der Waals surface area contributed by atoms with Gasteiger partial charge >= 0.3 is 0 Å². The first kappa shape index (κ1) is 21.2. The summed E-state index contributed by atoms with van der Waals surface area (Å²) in [7, 11) is 0. The molecule has 0 radical (unpaired) electrons. The zero-order chi connectivity index (χ0) is 22.0. The molecule has 0 saturated heterocycles. The zero-order valence-electron chi connectivity index (χ0n) is 15.9. The van der Waals surface area contributed by atoms with Crippen molar-refractivity contribution in [3.8, 4) is 5.75 Å². The number of aliphatic hydroxyl groups is 1. The van der Waals surface area contributed by atoms with Crippen LogP contribution in [0.3, 0.4) is 0 Å². The summed E-state index contributed by atoms with van der Waals surface area (Å²) in [5.41, 5.74) is -2.47. The van der Waals surface area contributed by atoms with Gasteiger partial charge in [-0.25, -0.2) is 8.78 Å². The third-order valence-electron chi connectivity index (χ3n) is 4.76. The zero-order valence-corrected chi connectivity index (χ0v) is 15.9. The highest BCUT2D eigenvalue weighted by atomic mass is 19.1. The average molecular weight is 419 g/mol. The number of fused-ring (bicyclic) bond motifs is 1. The number of nitrogens with zero attached hydrogens (tertiary/aromatic N) is 2. The summed E-state index contributed by atoms with van der Waals surface area (Å²) in [6.07, 6.45) is 4.19. The highest BCUT2D eigenvalue weighted by Crippen LogP contribution is 2.14. The molecule has 3 N–H and O–H groups in total. The minimum atomic E-state index is -1.06. The first-order valence-corrected chi connectivity index (χ1v) is 9.06. The minimum absolute atomic E-state index is 0.00983. The smallest absolute Gasteiger partial charge is 0.279 e. The molecule has 1 amide bonds. The second-order valence-corrected chi connectivity index (χ2v) is 6.77. The number of hydrogen-bond donors (Lipinski definition) is 3. The van der Waals surface area contributed by atoms with Crippen LogP contribution in [-0.2, 0) is 6.54 Å². The molecule has 2 aromatic heterocycles. The van der Waals surface area contributed by atoms with Crippen molar-refractivity contribution in [1.82, 2.24) is 14.3 Å². The maximum atomic E-state index is 13.7. The van der Waals surface area contributed by atoms with E-state index in [9.17, 15) is 28.3 Å². The second-order valence-electron chi connectivity index (χ2n) is 6.77. The Hall–Kier alpha value is -3.53. The number of rotatable bonds is 6. The van der Waals surface area contributed by atoms with Crippen molar-refractivity contribution in [3.05, 3.63) is 80.1 Å². The van der Waals surface area contributed by atoms with Crippen LogP contribution in [0.5, 0.6) is 5.75 Å². The molecule has 0 aliphatic rings. The van der Waals surface area contributed by atoms with E-state index in [4.69, 9.17) is 5.11 Å². The van der Waals surface area contributed by atoms with Crippen molar-refractivity contribution >= 4 is 11.4 Å². The molecule has 8 nitrogen and oxygen atoms in total. The lowest BCUT2D eigenvalue weighted by Crippen LogP contribution is -2.31. The standard InChI is InChI=1S/C20H19F2N3O5/c1-11(4-7-26)25-6-5-24-10-14(17(27)18(28)16(24)20(25)30)19(29)23-9-12-2-3-13(21)8-15(12)22/h2-3,5-6,8,10-11,26,28H,4,7,9H2,1H3,(H,23,29)/t11-/m0/s1. The lowest BCUT2D eigenvalue weighted by Gasteiger charge is -2.16. The van der Waals surface area contributed by atoms with Gasteiger partial charge in [-0.1, -0.05) is 6.07 Å². The Morgan fingerprint density at radius 2 is 1.97 bits per heavy atom. The fraction of sp³-hybridized carbons (Fsp3) is 0.250. The van der Waals surface area contributed by atoms with Crippen LogP contribution < -0.4 is 16.3 Å². The van der Waals surface area contributed by atoms with Gasteiger partial charge in [0, 0.05) is 49.4 Å². The molecule has 0 bridgehead atoms. The van der Waals surface area contributed by atoms with E-state index in [0.29, 0.717) is 12.5 Å². The number of halogens is 2. The molecule has 3 aromatic rings. The molecular weight excluding hydrogens is 400 g/mol. The lowest BCUT2D eigenvalue weighted by atomic mass is 10.2. The van der Waals surface area contributed by atoms with Crippen LogP contribution >= 0.6 is 0 Å². The Balaban J connectivity index is 1.96. The predicted molar refractivity (Wildman–Crippen MR) is 104 cm³/mol. The number of aromatic hydroxyl groups is 1. The molecular formula is C20H19F2N3O5. The van der Waals surface area contributed by atoms with Gasteiger partial charge < -0.3 is 24.5 Å². The van der Waals surface area contributed by atoms with Gasteiger partial charge in [0.25, 0.3) is 11.5 Å². The Bertz CT molecular complexity index is 1240. The largest absolute Gasteiger partial charge is 0.503 e. The monoisotopic (exact) mass is 419 g/mol. The summed E-state index contributed by atoms with van der Waals surface area (Å²) in [6, 6.07) is 2.48. The Morgan fingerprint density at radius 1 is 1.23 bits per heavy atom. The highest BCUT2D eigenvalue weighted by Gasteiger charge is 2.20. The molecule has 10 heteroatoms. The number of pyridine rings is 1. The third kappa shape index (κ3) is 3.94. The van der Waals surface area contributed by atoms with Crippen LogP contribution in [0, 0.1) is 11.6 Å². The molecule has 1 aromatic carbocycles. The van der Waals surface area contributed by atoms with Crippen molar-refractivity contribution in [3.63, 3.8) is 0 Å². The number of carbonyl (C=O) groups is 1. The normalized spacial score (nSPS) is 12.1. The SMILES string of the molecule is C[C@@H](CCO)n1ccn2cc(C(=O)NCc3ccc(F)cc3F)c(=O)c(O)c2c1=O. The molecule has 2 heterocycles. The molecule has 0 saturated carbocycles. The number of aromatic nitrogens is 2. The summed E-state index contributed by atoms with van der Waals surface area (Å²) < 4.78 is 29.1. The molecule has 0 aliphatic heterocycles. The van der Waals surface area contributed by atoms with Gasteiger partial charge in [0.15, 0.2) is 11.3 Å². The number of aliphatic hydroxyl groups excluding tert-OH is 1. The first-order valence-electron chi connectivity index (χ1n) is 9.06.